The molecule has 0 aliphatic heterocycles. The minimum Gasteiger partial charge on any atom is -0.489 e. The van der Waals surface area contributed by atoms with E-state index in [9.17, 15) is 15.3 Å². The molecule has 0 aliphatic rings. The molecule has 2 aromatic rings. The van der Waals surface area contributed by atoms with E-state index in [0.29, 0.717) is 18.6 Å². The van der Waals surface area contributed by atoms with Gasteiger partial charge in [-0.05, 0) is 66.3 Å². The Balaban J connectivity index is 2.07. The molecule has 0 saturated heterocycles. The highest BCUT2D eigenvalue weighted by Crippen LogP contribution is 2.22. The van der Waals surface area contributed by atoms with Crippen molar-refractivity contribution in [2.75, 3.05) is 0 Å². The summed E-state index contributed by atoms with van der Waals surface area (Å²) in [5.74, 6) is 0.756. The number of rotatable bonds is 9. The number of aliphatic hydroxyl groups excluding tert-OH is 2. The van der Waals surface area contributed by atoms with E-state index >= 15 is 0 Å². The summed E-state index contributed by atoms with van der Waals surface area (Å²) in [5.41, 5.74) is 3.70. The smallest absolute Gasteiger partial charge is 0.120 e. The monoisotopic (exact) mass is 382 g/mol. The van der Waals surface area contributed by atoms with Gasteiger partial charge < -0.3 is 20.1 Å². The second kappa shape index (κ2) is 10.2. The molecule has 0 bridgehead atoms. The number of hydrogen-bond acceptors (Lipinski definition) is 4. The van der Waals surface area contributed by atoms with Crippen molar-refractivity contribution in [3.63, 3.8) is 0 Å². The fourth-order valence-corrected chi connectivity index (χ4v) is 2.68. The standard InChI is InChI=1S/C24H30O4/c1-4-24(3,27)12-6-7-18(2)20-8-5-9-23(14-20)28-17-19-10-11-21(15-25)22(13-19)16-26/h5-14,25-27H,4,15-17H2,1-3H3/b12-6+,18-7-. The highest BCUT2D eigenvalue weighted by atomic mass is 16.5. The molecular weight excluding hydrogens is 352 g/mol. The first-order chi connectivity index (χ1) is 13.4. The first kappa shape index (κ1) is 21.9. The molecule has 4 heteroatoms. The molecule has 150 valence electrons. The van der Waals surface area contributed by atoms with Crippen molar-refractivity contribution < 1.29 is 20.1 Å². The summed E-state index contributed by atoms with van der Waals surface area (Å²) in [6.07, 6.45) is 6.32. The molecule has 3 N–H and O–H groups in total. The van der Waals surface area contributed by atoms with Gasteiger partial charge in [0.2, 0.25) is 0 Å². The third-order valence-electron chi connectivity index (χ3n) is 4.82. The summed E-state index contributed by atoms with van der Waals surface area (Å²) in [4.78, 5) is 0. The van der Waals surface area contributed by atoms with Gasteiger partial charge in [0.1, 0.15) is 12.4 Å². The lowest BCUT2D eigenvalue weighted by Gasteiger charge is -2.15. The van der Waals surface area contributed by atoms with E-state index in [1.807, 2.05) is 68.5 Å². The van der Waals surface area contributed by atoms with Gasteiger partial charge in [0, 0.05) is 0 Å². The zero-order valence-corrected chi connectivity index (χ0v) is 16.9. The topological polar surface area (TPSA) is 69.9 Å². The van der Waals surface area contributed by atoms with Crippen molar-refractivity contribution in [3.05, 3.63) is 82.9 Å². The lowest BCUT2D eigenvalue weighted by Crippen LogP contribution is -2.18. The molecular formula is C24H30O4. The second-order valence-corrected chi connectivity index (χ2v) is 7.16. The van der Waals surface area contributed by atoms with E-state index in [-0.39, 0.29) is 13.2 Å². The molecule has 2 rings (SSSR count). The Morgan fingerprint density at radius 3 is 2.50 bits per heavy atom. The largest absolute Gasteiger partial charge is 0.489 e. The van der Waals surface area contributed by atoms with Crippen LogP contribution in [0.25, 0.3) is 5.57 Å². The Hall–Kier alpha value is -2.40. The molecule has 0 radical (unpaired) electrons. The van der Waals surface area contributed by atoms with Crippen LogP contribution >= 0.6 is 0 Å². The Morgan fingerprint density at radius 2 is 1.82 bits per heavy atom. The number of allylic oxidation sites excluding steroid dienone is 3. The summed E-state index contributed by atoms with van der Waals surface area (Å²) in [6.45, 7) is 5.93. The van der Waals surface area contributed by atoms with E-state index < -0.39 is 5.60 Å². The van der Waals surface area contributed by atoms with Gasteiger partial charge in [0.15, 0.2) is 0 Å². The zero-order chi connectivity index (χ0) is 20.6. The van der Waals surface area contributed by atoms with E-state index in [4.69, 9.17) is 4.74 Å². The summed E-state index contributed by atoms with van der Waals surface area (Å²) < 4.78 is 5.90. The fraction of sp³-hybridized carbons (Fsp3) is 0.333. The molecule has 1 unspecified atom stereocenters. The lowest BCUT2D eigenvalue weighted by atomic mass is 10.0. The highest BCUT2D eigenvalue weighted by Gasteiger charge is 2.11. The molecule has 2 aromatic carbocycles. The number of ether oxygens (including phenoxy) is 1. The fourth-order valence-electron chi connectivity index (χ4n) is 2.68. The Labute approximate surface area is 167 Å². The SMILES string of the molecule is CCC(C)(O)/C=C/C=C(/C)c1cccc(OCc2ccc(CO)c(CO)c2)c1. The third kappa shape index (κ3) is 6.34. The van der Waals surface area contributed by atoms with Crippen molar-refractivity contribution in [3.8, 4) is 5.75 Å². The van der Waals surface area contributed by atoms with Gasteiger partial charge in [-0.1, -0.05) is 49.4 Å². The number of hydrogen-bond donors (Lipinski definition) is 3. The molecule has 0 heterocycles. The van der Waals surface area contributed by atoms with Crippen LogP contribution in [0.1, 0.15) is 49.4 Å². The van der Waals surface area contributed by atoms with Gasteiger partial charge in [-0.3, -0.25) is 0 Å². The van der Waals surface area contributed by atoms with Crippen LogP contribution in [-0.2, 0) is 19.8 Å². The van der Waals surface area contributed by atoms with Crippen molar-refractivity contribution in [2.24, 2.45) is 0 Å². The predicted molar refractivity (Wildman–Crippen MR) is 113 cm³/mol. The molecule has 0 saturated carbocycles. The van der Waals surface area contributed by atoms with Crippen LogP contribution in [0.3, 0.4) is 0 Å². The maximum absolute atomic E-state index is 10.0. The number of benzene rings is 2. The van der Waals surface area contributed by atoms with Crippen LogP contribution in [0.2, 0.25) is 0 Å². The average Bonchev–Trinajstić information content (AvgIpc) is 2.72. The average molecular weight is 383 g/mol. The van der Waals surface area contributed by atoms with E-state index in [2.05, 4.69) is 0 Å². The van der Waals surface area contributed by atoms with Crippen LogP contribution in [-0.4, -0.2) is 20.9 Å². The second-order valence-electron chi connectivity index (χ2n) is 7.16. The van der Waals surface area contributed by atoms with Crippen molar-refractivity contribution >= 4 is 5.57 Å². The lowest BCUT2D eigenvalue weighted by molar-refractivity contribution is 0.108. The van der Waals surface area contributed by atoms with Crippen LogP contribution in [0.4, 0.5) is 0 Å². The molecule has 0 amide bonds. The number of aliphatic hydroxyl groups is 3. The normalized spacial score (nSPS) is 14.3. The van der Waals surface area contributed by atoms with Gasteiger partial charge in [-0.2, -0.15) is 0 Å². The molecule has 0 spiro atoms. The van der Waals surface area contributed by atoms with E-state index in [1.54, 1.807) is 13.0 Å². The maximum Gasteiger partial charge on any atom is 0.120 e. The first-order valence-corrected chi connectivity index (χ1v) is 9.52. The van der Waals surface area contributed by atoms with Gasteiger partial charge in [0.25, 0.3) is 0 Å². The van der Waals surface area contributed by atoms with Crippen LogP contribution < -0.4 is 4.74 Å². The summed E-state index contributed by atoms with van der Waals surface area (Å²) in [6, 6.07) is 13.4. The van der Waals surface area contributed by atoms with Gasteiger partial charge in [-0.15, -0.1) is 0 Å². The minimum absolute atomic E-state index is 0.0905. The molecule has 0 aromatic heterocycles. The molecule has 0 aliphatic carbocycles. The van der Waals surface area contributed by atoms with E-state index in [1.165, 1.54) is 0 Å². The first-order valence-electron chi connectivity index (χ1n) is 9.52. The Bertz CT molecular complexity index is 834. The summed E-state index contributed by atoms with van der Waals surface area (Å²) in [5, 5.41) is 28.7. The van der Waals surface area contributed by atoms with Crippen molar-refractivity contribution in [1.82, 2.24) is 0 Å². The van der Waals surface area contributed by atoms with Gasteiger partial charge in [0.05, 0.1) is 18.8 Å². The Kier molecular flexibility index (Phi) is 8.00. The summed E-state index contributed by atoms with van der Waals surface area (Å²) in [7, 11) is 0. The molecule has 4 nitrogen and oxygen atoms in total. The van der Waals surface area contributed by atoms with Crippen LogP contribution in [0.5, 0.6) is 5.75 Å². The van der Waals surface area contributed by atoms with Crippen molar-refractivity contribution in [1.29, 1.82) is 0 Å². The van der Waals surface area contributed by atoms with Crippen LogP contribution in [0, 0.1) is 0 Å². The van der Waals surface area contributed by atoms with Crippen molar-refractivity contribution in [2.45, 2.75) is 52.6 Å². The zero-order valence-electron chi connectivity index (χ0n) is 16.9. The summed E-state index contributed by atoms with van der Waals surface area (Å²) >= 11 is 0. The molecule has 28 heavy (non-hydrogen) atoms. The quantitative estimate of drug-likeness (QED) is 0.563. The Morgan fingerprint density at radius 1 is 1.07 bits per heavy atom. The predicted octanol–water partition coefficient (Wildman–Crippen LogP) is 4.37. The molecule has 1 atom stereocenters. The third-order valence-corrected chi connectivity index (χ3v) is 4.82. The van der Waals surface area contributed by atoms with Gasteiger partial charge >= 0.3 is 0 Å². The van der Waals surface area contributed by atoms with Crippen LogP contribution in [0.15, 0.2) is 60.7 Å². The minimum atomic E-state index is -0.791. The van der Waals surface area contributed by atoms with Gasteiger partial charge in [-0.25, -0.2) is 0 Å². The highest BCUT2D eigenvalue weighted by molar-refractivity contribution is 5.66. The maximum atomic E-state index is 10.0. The molecule has 0 fully saturated rings. The van der Waals surface area contributed by atoms with E-state index in [0.717, 1.165) is 28.0 Å².